The standard InChI is InChI=1S/C7H8N2O3/c1-2-9-4-5(6(10)11)3-8-7(9)12/h3-4H,2H2,1H3,(H,10,11). The summed E-state index contributed by atoms with van der Waals surface area (Å²) in [6.45, 7) is 2.17. The maximum Gasteiger partial charge on any atom is 0.347 e. The van der Waals surface area contributed by atoms with Crippen molar-refractivity contribution < 1.29 is 9.90 Å². The minimum Gasteiger partial charge on any atom is -0.478 e. The zero-order valence-corrected chi connectivity index (χ0v) is 6.52. The van der Waals surface area contributed by atoms with Crippen molar-refractivity contribution in [2.75, 3.05) is 0 Å². The maximum absolute atomic E-state index is 10.9. The van der Waals surface area contributed by atoms with Gasteiger partial charge in [-0.25, -0.2) is 14.6 Å². The Bertz CT molecular complexity index is 356. The van der Waals surface area contributed by atoms with Crippen LogP contribution >= 0.6 is 0 Å². The normalized spacial score (nSPS) is 9.75. The van der Waals surface area contributed by atoms with E-state index in [1.807, 2.05) is 0 Å². The molecule has 1 N–H and O–H groups in total. The fourth-order valence-electron chi connectivity index (χ4n) is 0.792. The number of nitrogens with zero attached hydrogens (tertiary/aromatic N) is 2. The molecule has 1 rings (SSSR count). The second-order valence-electron chi connectivity index (χ2n) is 2.22. The molecule has 0 aliphatic carbocycles. The Morgan fingerprint density at radius 1 is 1.75 bits per heavy atom. The Labute approximate surface area is 68.3 Å². The average Bonchev–Trinajstić information content (AvgIpc) is 2.05. The highest BCUT2D eigenvalue weighted by Crippen LogP contribution is 1.92. The van der Waals surface area contributed by atoms with E-state index in [9.17, 15) is 9.59 Å². The molecule has 0 aromatic carbocycles. The van der Waals surface area contributed by atoms with Gasteiger partial charge in [-0.1, -0.05) is 0 Å². The smallest absolute Gasteiger partial charge is 0.347 e. The van der Waals surface area contributed by atoms with Crippen molar-refractivity contribution in [3.05, 3.63) is 28.4 Å². The highest BCUT2D eigenvalue weighted by Gasteiger charge is 2.04. The first kappa shape index (κ1) is 8.45. The molecule has 0 spiro atoms. The van der Waals surface area contributed by atoms with Crippen molar-refractivity contribution in [2.45, 2.75) is 13.5 Å². The van der Waals surface area contributed by atoms with Gasteiger partial charge in [-0.3, -0.25) is 4.57 Å². The van der Waals surface area contributed by atoms with Crippen LogP contribution in [0.1, 0.15) is 17.3 Å². The summed E-state index contributed by atoms with van der Waals surface area (Å²) < 4.78 is 1.24. The summed E-state index contributed by atoms with van der Waals surface area (Å²) in [6, 6.07) is 0. The van der Waals surface area contributed by atoms with Gasteiger partial charge in [0.1, 0.15) is 0 Å². The molecule has 64 valence electrons. The molecule has 0 saturated carbocycles. The number of carboxylic acid groups (broad SMARTS) is 1. The highest BCUT2D eigenvalue weighted by atomic mass is 16.4. The number of aryl methyl sites for hydroxylation is 1. The molecule has 0 saturated heterocycles. The van der Waals surface area contributed by atoms with E-state index in [-0.39, 0.29) is 5.56 Å². The number of carboxylic acids is 1. The lowest BCUT2D eigenvalue weighted by atomic mass is 10.3. The van der Waals surface area contributed by atoms with Crippen LogP contribution in [0, 0.1) is 0 Å². The minimum absolute atomic E-state index is 0.0245. The van der Waals surface area contributed by atoms with Crippen LogP contribution in [0.5, 0.6) is 0 Å². The first-order valence-corrected chi connectivity index (χ1v) is 3.45. The van der Waals surface area contributed by atoms with Crippen molar-refractivity contribution in [3.63, 3.8) is 0 Å². The molecule has 0 radical (unpaired) electrons. The molecule has 0 aliphatic heterocycles. The summed E-state index contributed by atoms with van der Waals surface area (Å²) in [5, 5.41) is 8.54. The van der Waals surface area contributed by atoms with E-state index >= 15 is 0 Å². The highest BCUT2D eigenvalue weighted by molar-refractivity contribution is 5.86. The largest absolute Gasteiger partial charge is 0.478 e. The Morgan fingerprint density at radius 2 is 2.42 bits per heavy atom. The van der Waals surface area contributed by atoms with Crippen molar-refractivity contribution in [3.8, 4) is 0 Å². The van der Waals surface area contributed by atoms with Crippen molar-refractivity contribution in [1.29, 1.82) is 0 Å². The average molecular weight is 168 g/mol. The van der Waals surface area contributed by atoms with Crippen LogP contribution in [-0.4, -0.2) is 20.6 Å². The SMILES string of the molecule is CCn1cc(C(=O)O)cnc1=O. The molecule has 5 heteroatoms. The Kier molecular flexibility index (Phi) is 2.23. The van der Waals surface area contributed by atoms with E-state index in [1.165, 1.54) is 10.8 Å². The molecule has 0 aliphatic rings. The molecule has 12 heavy (non-hydrogen) atoms. The lowest BCUT2D eigenvalue weighted by Crippen LogP contribution is -2.22. The number of carbonyl (C=O) groups is 1. The Morgan fingerprint density at radius 3 is 2.92 bits per heavy atom. The summed E-state index contributed by atoms with van der Waals surface area (Å²) >= 11 is 0. The van der Waals surface area contributed by atoms with Gasteiger partial charge in [0.2, 0.25) is 0 Å². The third-order valence-corrected chi connectivity index (χ3v) is 1.44. The van der Waals surface area contributed by atoms with Crippen LogP contribution in [0.2, 0.25) is 0 Å². The van der Waals surface area contributed by atoms with Crippen LogP contribution in [0.4, 0.5) is 0 Å². The van der Waals surface area contributed by atoms with E-state index in [4.69, 9.17) is 5.11 Å². The van der Waals surface area contributed by atoms with Gasteiger partial charge in [-0.2, -0.15) is 0 Å². The van der Waals surface area contributed by atoms with Gasteiger partial charge in [0.25, 0.3) is 0 Å². The predicted octanol–water partition coefficient (Wildman–Crippen LogP) is -0.0386. The Balaban J connectivity index is 3.23. The Hall–Kier alpha value is -1.65. The van der Waals surface area contributed by atoms with Crippen molar-refractivity contribution in [1.82, 2.24) is 9.55 Å². The fourth-order valence-corrected chi connectivity index (χ4v) is 0.792. The molecular formula is C7H8N2O3. The molecule has 0 bridgehead atoms. The lowest BCUT2D eigenvalue weighted by Gasteiger charge is -1.99. The number of rotatable bonds is 2. The van der Waals surface area contributed by atoms with E-state index in [0.29, 0.717) is 6.54 Å². The van der Waals surface area contributed by atoms with Crippen LogP contribution in [-0.2, 0) is 6.54 Å². The third kappa shape index (κ3) is 1.50. The van der Waals surface area contributed by atoms with Gasteiger partial charge in [0, 0.05) is 18.9 Å². The summed E-state index contributed by atoms with van der Waals surface area (Å²) in [5.74, 6) is -1.08. The monoisotopic (exact) mass is 168 g/mol. The van der Waals surface area contributed by atoms with Gasteiger partial charge < -0.3 is 5.11 Å². The molecule has 0 fully saturated rings. The lowest BCUT2D eigenvalue weighted by molar-refractivity contribution is 0.0695. The zero-order valence-electron chi connectivity index (χ0n) is 6.52. The van der Waals surface area contributed by atoms with E-state index in [0.717, 1.165) is 6.20 Å². The predicted molar refractivity (Wildman–Crippen MR) is 41.1 cm³/mol. The maximum atomic E-state index is 10.9. The van der Waals surface area contributed by atoms with Crippen LogP contribution in [0.25, 0.3) is 0 Å². The van der Waals surface area contributed by atoms with Crippen molar-refractivity contribution in [2.24, 2.45) is 0 Å². The van der Waals surface area contributed by atoms with Crippen molar-refractivity contribution >= 4 is 5.97 Å². The first-order valence-electron chi connectivity index (χ1n) is 3.45. The molecule has 0 unspecified atom stereocenters. The molecule has 5 nitrogen and oxygen atoms in total. The number of hydrogen-bond donors (Lipinski definition) is 1. The van der Waals surface area contributed by atoms with Gasteiger partial charge in [0.15, 0.2) is 0 Å². The molecule has 1 aromatic rings. The zero-order chi connectivity index (χ0) is 9.14. The second kappa shape index (κ2) is 3.17. The number of aromatic nitrogens is 2. The third-order valence-electron chi connectivity index (χ3n) is 1.44. The minimum atomic E-state index is -1.08. The first-order chi connectivity index (χ1) is 5.65. The second-order valence-corrected chi connectivity index (χ2v) is 2.22. The summed E-state index contributed by atoms with van der Waals surface area (Å²) in [5.41, 5.74) is -0.404. The molecule has 0 atom stereocenters. The number of hydrogen-bond acceptors (Lipinski definition) is 3. The fraction of sp³-hybridized carbons (Fsp3) is 0.286. The van der Waals surface area contributed by atoms with Gasteiger partial charge in [-0.05, 0) is 6.92 Å². The van der Waals surface area contributed by atoms with Gasteiger partial charge in [0.05, 0.1) is 5.56 Å². The van der Waals surface area contributed by atoms with Crippen LogP contribution in [0.3, 0.4) is 0 Å². The van der Waals surface area contributed by atoms with Gasteiger partial charge in [-0.15, -0.1) is 0 Å². The van der Waals surface area contributed by atoms with Crippen LogP contribution < -0.4 is 5.69 Å². The van der Waals surface area contributed by atoms with Gasteiger partial charge >= 0.3 is 11.7 Å². The summed E-state index contributed by atoms with van der Waals surface area (Å²) in [7, 11) is 0. The number of aromatic carboxylic acids is 1. The molecule has 1 aromatic heterocycles. The summed E-state index contributed by atoms with van der Waals surface area (Å²) in [4.78, 5) is 24.7. The van der Waals surface area contributed by atoms with Crippen LogP contribution in [0.15, 0.2) is 17.2 Å². The van der Waals surface area contributed by atoms with E-state index < -0.39 is 11.7 Å². The quantitative estimate of drug-likeness (QED) is 0.672. The molecule has 1 heterocycles. The summed E-state index contributed by atoms with van der Waals surface area (Å²) in [6.07, 6.45) is 2.33. The molecule has 0 amide bonds. The molecular weight excluding hydrogens is 160 g/mol. The van der Waals surface area contributed by atoms with E-state index in [1.54, 1.807) is 6.92 Å². The topological polar surface area (TPSA) is 72.2 Å². The van der Waals surface area contributed by atoms with E-state index in [2.05, 4.69) is 4.98 Å².